The molecule has 23 heteroatoms. The summed E-state index contributed by atoms with van der Waals surface area (Å²) >= 11 is 0. The maximum Gasteiger partial charge on any atom is 0.405 e. The molecule has 2 aromatic carbocycles. The van der Waals surface area contributed by atoms with Crippen molar-refractivity contribution in [2.24, 2.45) is 34.2 Å². The number of ether oxygens (including phenoxy) is 6. The summed E-state index contributed by atoms with van der Waals surface area (Å²) in [6.07, 6.45) is 9.24. The molecule has 0 spiro atoms. The SMILES string of the molecule is CO[C@H]1C[C@H](C)Cc2c(O)c(cc(O)c2N=CCCNCCCNc2c(O)cc3c(O)c2C=C(C)C[C@H](OC)C(=O)[C@@H](C)C=C(C)[C@H](OC(N)=O)[C@@H](OC)C=CC=C(C)C(=O)N3)NC(=O)C(C)=CC=C[C@H](OC)[C@@H](OC(N)=O)C(C)C=C(C)C1=O. The lowest BCUT2D eigenvalue weighted by Gasteiger charge is -2.27. The van der Waals surface area contributed by atoms with Gasteiger partial charge in [-0.3, -0.25) is 24.2 Å². The maximum atomic E-state index is 13.9. The second-order valence-electron chi connectivity index (χ2n) is 21.2. The number of primary amides is 2. The smallest absolute Gasteiger partial charge is 0.405 e. The lowest BCUT2D eigenvalue weighted by Crippen LogP contribution is -2.38. The highest BCUT2D eigenvalue weighted by Gasteiger charge is 2.32. The van der Waals surface area contributed by atoms with Crippen LogP contribution in [0, 0.1) is 17.8 Å². The van der Waals surface area contributed by atoms with Crippen LogP contribution in [0.5, 0.6) is 23.0 Å². The molecule has 0 aromatic heterocycles. The molecule has 4 bridgehead atoms. The van der Waals surface area contributed by atoms with E-state index in [1.807, 2.05) is 6.92 Å². The van der Waals surface area contributed by atoms with Crippen LogP contribution in [-0.2, 0) is 54.0 Å². The monoisotopic (exact) mass is 1180 g/mol. The fourth-order valence-corrected chi connectivity index (χ4v) is 9.79. The summed E-state index contributed by atoms with van der Waals surface area (Å²) in [6, 6.07) is 2.43. The van der Waals surface area contributed by atoms with Crippen molar-refractivity contribution in [2.45, 2.75) is 124 Å². The van der Waals surface area contributed by atoms with Gasteiger partial charge in [-0.15, -0.1) is 0 Å². The van der Waals surface area contributed by atoms with Crippen molar-refractivity contribution in [3.8, 4) is 23.0 Å². The van der Waals surface area contributed by atoms with Crippen molar-refractivity contribution >= 4 is 70.6 Å². The van der Waals surface area contributed by atoms with Crippen molar-refractivity contribution in [2.75, 3.05) is 64.0 Å². The number of anilines is 3. The fraction of sp³-hybridized carbons (Fsp3) is 0.468. The van der Waals surface area contributed by atoms with Crippen molar-refractivity contribution < 1.29 is 77.6 Å². The summed E-state index contributed by atoms with van der Waals surface area (Å²) in [7, 11) is 5.62. The van der Waals surface area contributed by atoms with E-state index in [1.165, 1.54) is 71.8 Å². The topological polar surface area (TPSA) is 351 Å². The van der Waals surface area contributed by atoms with Gasteiger partial charge in [0.2, 0.25) is 0 Å². The van der Waals surface area contributed by atoms with E-state index in [9.17, 15) is 49.2 Å². The van der Waals surface area contributed by atoms with Crippen LogP contribution in [-0.4, -0.2) is 147 Å². The number of aromatic hydroxyl groups is 4. The second kappa shape index (κ2) is 33.4. The molecule has 85 heavy (non-hydrogen) atoms. The molecule has 4 rings (SSSR count). The molecule has 2 heterocycles. The summed E-state index contributed by atoms with van der Waals surface area (Å²) in [4.78, 5) is 83.1. The first-order valence-corrected chi connectivity index (χ1v) is 27.9. The zero-order chi connectivity index (χ0) is 63.2. The summed E-state index contributed by atoms with van der Waals surface area (Å²) in [5.41, 5.74) is 13.1. The number of hydrogen-bond donors (Lipinski definition) is 10. The zero-order valence-electron chi connectivity index (χ0n) is 50.6. The van der Waals surface area contributed by atoms with Gasteiger partial charge in [-0.2, -0.15) is 0 Å². The number of Topliss-reactive ketones (excluding diaryl/α,β-unsaturated/α-hetero) is 2. The Kier molecular flexibility index (Phi) is 27.3. The molecule has 9 atom stereocenters. The van der Waals surface area contributed by atoms with Crippen LogP contribution in [0.3, 0.4) is 0 Å². The molecule has 2 aliphatic heterocycles. The number of hydrogen-bond acceptors (Lipinski definition) is 19. The number of carbonyl (C=O) groups is 6. The molecule has 4 amide bonds. The molecule has 1 unspecified atom stereocenters. The number of nitrogens with one attached hydrogen (secondary N) is 4. The van der Waals surface area contributed by atoms with Gasteiger partial charge in [0, 0.05) is 100 Å². The molecule has 2 aliphatic rings. The van der Waals surface area contributed by atoms with Crippen molar-refractivity contribution in [1.29, 1.82) is 0 Å². The van der Waals surface area contributed by atoms with E-state index < -0.39 is 72.5 Å². The minimum atomic E-state index is -1.06. The summed E-state index contributed by atoms with van der Waals surface area (Å²) in [5, 5.41) is 58.2. The third-order valence-electron chi connectivity index (χ3n) is 14.4. The number of fused-ring (bicyclic) bond motifs is 4. The van der Waals surface area contributed by atoms with E-state index in [2.05, 4.69) is 26.3 Å². The Labute approximate surface area is 496 Å². The Morgan fingerprint density at radius 1 is 0.718 bits per heavy atom. The summed E-state index contributed by atoms with van der Waals surface area (Å²) in [6.45, 7) is 14.6. The molecular weight excluding hydrogens is 1100 g/mol. The number of rotatable bonds is 15. The molecule has 0 radical (unpaired) electrons. The number of phenolic OH excluding ortho intramolecular Hbond substituents is 4. The van der Waals surface area contributed by atoms with Gasteiger partial charge in [0.05, 0.1) is 17.1 Å². The van der Waals surface area contributed by atoms with Gasteiger partial charge in [0.25, 0.3) is 11.8 Å². The van der Waals surface area contributed by atoms with Crippen LogP contribution < -0.4 is 32.7 Å². The number of ketones is 2. The number of nitrogens with two attached hydrogens (primary N) is 2. The van der Waals surface area contributed by atoms with Gasteiger partial charge in [0.15, 0.2) is 17.7 Å². The number of methoxy groups -OCH3 is 4. The van der Waals surface area contributed by atoms with Crippen LogP contribution in [0.1, 0.15) is 92.2 Å². The standard InChI is InChI=1S/C62H85N7O16/c1-33-25-41-51(45(70)31-43(55(41)74)68-59(76)35(3)17-13-19-47(80-9)57(84-61(63)78)39(7)29-37(5)53(72)49(27-33)82-11)66-23-15-21-65-22-16-24-67-52-42-26-34(2)28-50(83-12)54(73)38(6)30-40(8)58(85-62(64)79)48(81-10)20-14-18-36(4)60(77)69-44(56(42)75)32-46(52)71/h13-14,17-20,23,26,29-33,38-39,47-50,57-58,65,67,70-71,74-75H,15-16,21-22,24-25,27-28H2,1-12H3,(H2,63,78)(H2,64,79)(H,68,76)(H,69,77)/t33-,38+,39?,47+,48+,49+,50+,57+,58+/m1/s1. The van der Waals surface area contributed by atoms with E-state index in [0.717, 1.165) is 0 Å². The Balaban J connectivity index is 1.55. The fourth-order valence-electron chi connectivity index (χ4n) is 9.79. The Bertz CT molecular complexity index is 3000. The van der Waals surface area contributed by atoms with Gasteiger partial charge in [-0.05, 0) is 90.0 Å². The Hall–Kier alpha value is -8.09. The number of allylic oxidation sites excluding steroid dienone is 5. The predicted molar refractivity (Wildman–Crippen MR) is 325 cm³/mol. The molecule has 23 nitrogen and oxygen atoms in total. The Morgan fingerprint density at radius 3 is 1.89 bits per heavy atom. The van der Waals surface area contributed by atoms with Crippen molar-refractivity contribution in [3.05, 3.63) is 99.7 Å². The first-order chi connectivity index (χ1) is 40.3. The number of benzene rings is 2. The molecule has 0 fully saturated rings. The lowest BCUT2D eigenvalue weighted by atomic mass is 9.89. The minimum absolute atomic E-state index is 0.0653. The van der Waals surface area contributed by atoms with Crippen LogP contribution in [0.25, 0.3) is 6.08 Å². The molecule has 0 saturated carbocycles. The molecular formula is C62H85N7O16. The lowest BCUT2D eigenvalue weighted by molar-refractivity contribution is -0.131. The third-order valence-corrected chi connectivity index (χ3v) is 14.4. The van der Waals surface area contributed by atoms with E-state index in [-0.39, 0.29) is 105 Å². The van der Waals surface area contributed by atoms with Crippen LogP contribution in [0.15, 0.2) is 93.6 Å². The first-order valence-electron chi connectivity index (χ1n) is 27.9. The minimum Gasteiger partial charge on any atom is -0.506 e. The maximum absolute atomic E-state index is 13.9. The largest absolute Gasteiger partial charge is 0.506 e. The van der Waals surface area contributed by atoms with Crippen molar-refractivity contribution in [1.82, 2.24) is 5.32 Å². The van der Waals surface area contributed by atoms with E-state index in [0.29, 0.717) is 49.2 Å². The number of amides is 4. The number of carbonyl (C=O) groups excluding carboxylic acids is 6. The molecule has 2 aromatic rings. The molecule has 464 valence electrons. The van der Waals surface area contributed by atoms with Crippen molar-refractivity contribution in [3.63, 3.8) is 0 Å². The number of nitrogens with zero attached hydrogens (tertiary/aromatic N) is 1. The van der Waals surface area contributed by atoms with Crippen LogP contribution in [0.4, 0.5) is 32.3 Å². The van der Waals surface area contributed by atoms with Gasteiger partial charge in [0.1, 0.15) is 59.2 Å². The van der Waals surface area contributed by atoms with E-state index in [1.54, 1.807) is 78.1 Å². The highest BCUT2D eigenvalue weighted by molar-refractivity contribution is 6.06. The highest BCUT2D eigenvalue weighted by Crippen LogP contribution is 2.45. The second-order valence-corrected chi connectivity index (χ2v) is 21.2. The number of phenols is 4. The van der Waals surface area contributed by atoms with Gasteiger partial charge < -0.3 is 81.6 Å². The quantitative estimate of drug-likeness (QED) is 0.0264. The van der Waals surface area contributed by atoms with Crippen LogP contribution in [0.2, 0.25) is 0 Å². The average Bonchev–Trinajstić information content (AvgIpc) is 2.62. The third kappa shape index (κ3) is 20.0. The van der Waals surface area contributed by atoms with Gasteiger partial charge in [-0.1, -0.05) is 75.0 Å². The summed E-state index contributed by atoms with van der Waals surface area (Å²) < 4.78 is 33.4. The zero-order valence-corrected chi connectivity index (χ0v) is 50.6. The Morgan fingerprint density at radius 2 is 1.31 bits per heavy atom. The van der Waals surface area contributed by atoms with E-state index >= 15 is 0 Å². The molecule has 0 saturated heterocycles. The number of aliphatic imine (C=N–C) groups is 1. The highest BCUT2D eigenvalue weighted by atomic mass is 16.6. The van der Waals surface area contributed by atoms with Gasteiger partial charge >= 0.3 is 12.2 Å². The van der Waals surface area contributed by atoms with E-state index in [4.69, 9.17) is 39.9 Å². The molecule has 12 N–H and O–H groups in total. The van der Waals surface area contributed by atoms with Crippen LogP contribution >= 0.6 is 0 Å². The first kappa shape index (κ1) is 69.4. The normalized spacial score (nSPS) is 23.7. The summed E-state index contributed by atoms with van der Waals surface area (Å²) in [5.74, 6) is -4.74. The molecule has 0 aliphatic carbocycles. The average molecular weight is 1180 g/mol. The predicted octanol–water partition coefficient (Wildman–Crippen LogP) is 8.26. The van der Waals surface area contributed by atoms with Gasteiger partial charge in [-0.25, -0.2) is 9.59 Å².